The molecule has 0 spiro atoms. The number of hydrogen-bond acceptors (Lipinski definition) is 2. The van der Waals surface area contributed by atoms with Crippen molar-refractivity contribution in [1.29, 1.82) is 0 Å². The number of thioether (sulfide) groups is 1. The van der Waals surface area contributed by atoms with E-state index in [1.165, 1.54) is 4.91 Å². The van der Waals surface area contributed by atoms with Crippen LogP contribution in [0.4, 0.5) is 0 Å². The first-order chi connectivity index (χ1) is 8.07. The molecule has 1 aliphatic carbocycles. The third-order valence-electron chi connectivity index (χ3n) is 3.50. The Morgan fingerprint density at radius 1 is 1.22 bits per heavy atom. The van der Waals surface area contributed by atoms with E-state index in [9.17, 15) is 5.11 Å². The summed E-state index contributed by atoms with van der Waals surface area (Å²) in [6.07, 6.45) is 3.19. The highest BCUT2D eigenvalue weighted by Crippen LogP contribution is 2.46. The lowest BCUT2D eigenvalue weighted by Gasteiger charge is -2.37. The molecule has 0 radical (unpaired) electrons. The number of hydrogen-bond donors (Lipinski definition) is 1. The summed E-state index contributed by atoms with van der Waals surface area (Å²) in [5, 5.41) is 10.6. The van der Waals surface area contributed by atoms with Crippen LogP contribution >= 0.6 is 11.8 Å². The maximum atomic E-state index is 10.6. The molecule has 1 unspecified atom stereocenters. The maximum Gasteiger partial charge on any atom is 0.0999 e. The summed E-state index contributed by atoms with van der Waals surface area (Å²) in [6.45, 7) is 15.4. The van der Waals surface area contributed by atoms with Crippen LogP contribution in [0, 0.1) is 16.7 Å². The van der Waals surface area contributed by atoms with Crippen LogP contribution in [0.25, 0.3) is 0 Å². The SMILES string of the molecule is CCSC1=CC(C(C)(C)C)=C(O)C(C(C)(C)C)C1. The lowest BCUT2D eigenvalue weighted by atomic mass is 9.71. The van der Waals surface area contributed by atoms with Crippen molar-refractivity contribution in [1.82, 2.24) is 0 Å². The lowest BCUT2D eigenvalue weighted by Crippen LogP contribution is -2.28. The molecular weight excluding hydrogens is 240 g/mol. The quantitative estimate of drug-likeness (QED) is 0.708. The van der Waals surface area contributed by atoms with E-state index in [-0.39, 0.29) is 16.7 Å². The first-order valence-corrected chi connectivity index (χ1v) is 7.83. The Bertz CT molecular complexity index is 364. The molecular formula is C16H28OS. The molecule has 1 aliphatic rings. The summed E-state index contributed by atoms with van der Waals surface area (Å²) in [5.74, 6) is 1.95. The van der Waals surface area contributed by atoms with Crippen molar-refractivity contribution in [3.63, 3.8) is 0 Å². The summed E-state index contributed by atoms with van der Waals surface area (Å²) in [4.78, 5) is 1.42. The fourth-order valence-corrected chi connectivity index (χ4v) is 3.24. The third-order valence-corrected chi connectivity index (χ3v) is 4.44. The Balaban J connectivity index is 3.22. The zero-order chi connectivity index (χ0) is 14.1. The molecule has 0 amide bonds. The van der Waals surface area contributed by atoms with Gasteiger partial charge in [-0.25, -0.2) is 0 Å². The van der Waals surface area contributed by atoms with E-state index in [1.807, 2.05) is 11.8 Å². The van der Waals surface area contributed by atoms with Crippen molar-refractivity contribution in [2.75, 3.05) is 5.75 Å². The average Bonchev–Trinajstić information content (AvgIpc) is 2.17. The minimum atomic E-state index is 0.00749. The van der Waals surface area contributed by atoms with Crippen LogP contribution in [-0.2, 0) is 0 Å². The first kappa shape index (κ1) is 15.7. The van der Waals surface area contributed by atoms with Gasteiger partial charge in [0.15, 0.2) is 0 Å². The van der Waals surface area contributed by atoms with Crippen LogP contribution < -0.4 is 0 Å². The molecule has 104 valence electrons. The van der Waals surface area contributed by atoms with Gasteiger partial charge in [0.25, 0.3) is 0 Å². The van der Waals surface area contributed by atoms with Crippen molar-refractivity contribution < 1.29 is 5.11 Å². The molecule has 0 bridgehead atoms. The van der Waals surface area contributed by atoms with Crippen molar-refractivity contribution in [3.8, 4) is 0 Å². The summed E-state index contributed by atoms with van der Waals surface area (Å²) in [6, 6.07) is 0. The Morgan fingerprint density at radius 3 is 2.17 bits per heavy atom. The number of aliphatic hydroxyl groups excluding tert-OH is 1. The van der Waals surface area contributed by atoms with E-state index in [0.717, 1.165) is 17.7 Å². The summed E-state index contributed by atoms with van der Waals surface area (Å²) >= 11 is 1.91. The average molecular weight is 268 g/mol. The van der Waals surface area contributed by atoms with Gasteiger partial charge in [0.2, 0.25) is 0 Å². The van der Waals surface area contributed by atoms with Crippen LogP contribution in [0.1, 0.15) is 54.9 Å². The predicted octanol–water partition coefficient (Wildman–Crippen LogP) is 5.55. The fourth-order valence-electron chi connectivity index (χ4n) is 2.38. The second kappa shape index (κ2) is 5.32. The number of allylic oxidation sites excluding steroid dienone is 4. The zero-order valence-electron chi connectivity index (χ0n) is 12.9. The molecule has 0 aliphatic heterocycles. The molecule has 0 heterocycles. The molecule has 1 rings (SSSR count). The van der Waals surface area contributed by atoms with Crippen molar-refractivity contribution >= 4 is 11.8 Å². The highest BCUT2D eigenvalue weighted by atomic mass is 32.2. The minimum Gasteiger partial charge on any atom is -0.512 e. The minimum absolute atomic E-state index is 0.00749. The van der Waals surface area contributed by atoms with E-state index < -0.39 is 0 Å². The van der Waals surface area contributed by atoms with Gasteiger partial charge in [0.1, 0.15) is 0 Å². The summed E-state index contributed by atoms with van der Waals surface area (Å²) in [7, 11) is 0. The van der Waals surface area contributed by atoms with Gasteiger partial charge in [-0.2, -0.15) is 0 Å². The number of aliphatic hydroxyl groups is 1. The second-order valence-electron chi connectivity index (χ2n) is 7.22. The standard InChI is InChI=1S/C16H28OS/c1-8-18-11-9-12(15(2,3)4)14(17)13(10-11)16(5,6)7/h9,13,17H,8,10H2,1-7H3. The van der Waals surface area contributed by atoms with Gasteiger partial charge in [-0.3, -0.25) is 0 Å². The van der Waals surface area contributed by atoms with Crippen molar-refractivity contribution in [2.24, 2.45) is 16.7 Å². The zero-order valence-corrected chi connectivity index (χ0v) is 13.7. The molecule has 0 fully saturated rings. The molecule has 1 atom stereocenters. The van der Waals surface area contributed by atoms with Gasteiger partial charge in [-0.05, 0) is 39.6 Å². The Morgan fingerprint density at radius 2 is 1.78 bits per heavy atom. The normalized spacial score (nSPS) is 22.2. The Hall–Kier alpha value is -0.370. The monoisotopic (exact) mass is 268 g/mol. The maximum absolute atomic E-state index is 10.6. The molecule has 2 heteroatoms. The fraction of sp³-hybridized carbons (Fsp3) is 0.750. The van der Waals surface area contributed by atoms with Crippen LogP contribution in [-0.4, -0.2) is 10.9 Å². The Labute approximate surface area is 117 Å². The third kappa shape index (κ3) is 3.57. The highest BCUT2D eigenvalue weighted by Gasteiger charge is 2.36. The molecule has 18 heavy (non-hydrogen) atoms. The molecule has 0 aromatic carbocycles. The van der Waals surface area contributed by atoms with Gasteiger partial charge in [-0.15, -0.1) is 11.8 Å². The van der Waals surface area contributed by atoms with E-state index in [4.69, 9.17) is 0 Å². The first-order valence-electron chi connectivity index (χ1n) is 6.84. The molecule has 1 N–H and O–H groups in total. The number of rotatable bonds is 2. The van der Waals surface area contributed by atoms with Crippen molar-refractivity contribution in [2.45, 2.75) is 54.9 Å². The van der Waals surface area contributed by atoms with Gasteiger partial charge in [-0.1, -0.05) is 48.5 Å². The van der Waals surface area contributed by atoms with Crippen LogP contribution in [0.5, 0.6) is 0 Å². The lowest BCUT2D eigenvalue weighted by molar-refractivity contribution is 0.190. The van der Waals surface area contributed by atoms with Crippen LogP contribution in [0.3, 0.4) is 0 Å². The second-order valence-corrected chi connectivity index (χ2v) is 8.61. The topological polar surface area (TPSA) is 20.2 Å². The molecule has 0 saturated heterocycles. The van der Waals surface area contributed by atoms with Gasteiger partial charge >= 0.3 is 0 Å². The smallest absolute Gasteiger partial charge is 0.0999 e. The molecule has 0 aromatic rings. The van der Waals surface area contributed by atoms with Gasteiger partial charge < -0.3 is 5.11 Å². The largest absolute Gasteiger partial charge is 0.512 e. The van der Waals surface area contributed by atoms with Gasteiger partial charge in [0.05, 0.1) is 5.76 Å². The summed E-state index contributed by atoms with van der Waals surface area (Å²) < 4.78 is 0. The predicted molar refractivity (Wildman–Crippen MR) is 82.9 cm³/mol. The summed E-state index contributed by atoms with van der Waals surface area (Å²) in [5.41, 5.74) is 1.23. The van der Waals surface area contributed by atoms with Gasteiger partial charge in [0, 0.05) is 5.92 Å². The Kier molecular flexibility index (Phi) is 4.64. The highest BCUT2D eigenvalue weighted by molar-refractivity contribution is 8.03. The van der Waals surface area contributed by atoms with E-state index in [1.54, 1.807) is 0 Å². The van der Waals surface area contributed by atoms with Crippen LogP contribution in [0.15, 0.2) is 22.3 Å². The van der Waals surface area contributed by atoms with E-state index >= 15 is 0 Å². The van der Waals surface area contributed by atoms with E-state index in [0.29, 0.717) is 5.76 Å². The molecule has 0 aromatic heterocycles. The van der Waals surface area contributed by atoms with Crippen molar-refractivity contribution in [3.05, 3.63) is 22.3 Å². The molecule has 0 saturated carbocycles. The molecule has 1 nitrogen and oxygen atoms in total. The van der Waals surface area contributed by atoms with E-state index in [2.05, 4.69) is 54.5 Å². The van der Waals surface area contributed by atoms with Crippen LogP contribution in [0.2, 0.25) is 0 Å².